The molecule has 0 aliphatic heterocycles. The fraction of sp³-hybridized carbons (Fsp3) is 0.231. The zero-order chi connectivity index (χ0) is 11.4. The Labute approximate surface area is 90.2 Å². The summed E-state index contributed by atoms with van der Waals surface area (Å²) in [6.07, 6.45) is 4.64. The van der Waals surface area contributed by atoms with E-state index >= 15 is 0 Å². The normalized spacial score (nSPS) is 9.93. The lowest BCUT2D eigenvalue weighted by atomic mass is 9.99. The van der Waals surface area contributed by atoms with Crippen LogP contribution in [-0.4, -0.2) is 10.2 Å². The highest BCUT2D eigenvalue weighted by Gasteiger charge is 2.12. The van der Waals surface area contributed by atoms with Crippen molar-refractivity contribution < 1.29 is 10.2 Å². The van der Waals surface area contributed by atoms with Crippen molar-refractivity contribution in [2.45, 2.75) is 19.8 Å². The molecule has 0 aliphatic carbocycles. The second-order valence-electron chi connectivity index (χ2n) is 3.50. The third-order valence-corrected chi connectivity index (χ3v) is 2.40. The molecule has 15 heavy (non-hydrogen) atoms. The van der Waals surface area contributed by atoms with Crippen LogP contribution in [0.5, 0.6) is 11.5 Å². The maximum Gasteiger partial charge on any atom is 0.125 e. The van der Waals surface area contributed by atoms with Crippen LogP contribution in [0.4, 0.5) is 0 Å². The zero-order valence-corrected chi connectivity index (χ0v) is 8.95. The van der Waals surface area contributed by atoms with E-state index in [2.05, 4.69) is 13.2 Å². The number of rotatable bonds is 4. The van der Waals surface area contributed by atoms with Gasteiger partial charge in [-0.3, -0.25) is 0 Å². The van der Waals surface area contributed by atoms with Gasteiger partial charge in [0.15, 0.2) is 0 Å². The molecule has 0 fully saturated rings. The molecule has 2 heteroatoms. The molecule has 2 N–H and O–H groups in total. The molecule has 0 aliphatic rings. The topological polar surface area (TPSA) is 40.5 Å². The number of phenolic OH excluding ortho intramolecular Hbond substituents is 2. The summed E-state index contributed by atoms with van der Waals surface area (Å²) in [7, 11) is 0. The first kappa shape index (κ1) is 11.4. The summed E-state index contributed by atoms with van der Waals surface area (Å²) in [6.45, 7) is 8.96. The molecule has 1 aromatic rings. The van der Waals surface area contributed by atoms with Gasteiger partial charge in [-0.05, 0) is 37.0 Å². The summed E-state index contributed by atoms with van der Waals surface area (Å²) in [5, 5.41) is 19.5. The minimum absolute atomic E-state index is 0.153. The Morgan fingerprint density at radius 1 is 1.07 bits per heavy atom. The Balaban J connectivity index is 3.30. The lowest BCUT2D eigenvalue weighted by Gasteiger charge is -2.11. The van der Waals surface area contributed by atoms with Gasteiger partial charge in [-0.25, -0.2) is 0 Å². The SMILES string of the molecule is C=CCc1cc(CC=C)c(O)c(C)c1O. The largest absolute Gasteiger partial charge is 0.507 e. The molecule has 0 atom stereocenters. The van der Waals surface area contributed by atoms with Crippen LogP contribution in [0.25, 0.3) is 0 Å². The van der Waals surface area contributed by atoms with E-state index in [9.17, 15) is 10.2 Å². The molecule has 1 aromatic carbocycles. The van der Waals surface area contributed by atoms with Crippen LogP contribution in [-0.2, 0) is 12.8 Å². The summed E-state index contributed by atoms with van der Waals surface area (Å²) in [4.78, 5) is 0. The average Bonchev–Trinajstić information content (AvgIpc) is 2.22. The number of phenols is 2. The second-order valence-corrected chi connectivity index (χ2v) is 3.50. The first-order valence-corrected chi connectivity index (χ1v) is 4.86. The van der Waals surface area contributed by atoms with Crippen molar-refractivity contribution in [2.75, 3.05) is 0 Å². The van der Waals surface area contributed by atoms with Crippen molar-refractivity contribution in [3.8, 4) is 11.5 Å². The van der Waals surface area contributed by atoms with Crippen LogP contribution in [0, 0.1) is 6.92 Å². The van der Waals surface area contributed by atoms with E-state index in [0.717, 1.165) is 11.1 Å². The van der Waals surface area contributed by atoms with Gasteiger partial charge in [0.25, 0.3) is 0 Å². The number of hydrogen-bond donors (Lipinski definition) is 2. The van der Waals surface area contributed by atoms with Crippen molar-refractivity contribution in [1.29, 1.82) is 0 Å². The number of aromatic hydroxyl groups is 2. The van der Waals surface area contributed by atoms with Gasteiger partial charge in [0.05, 0.1) is 0 Å². The van der Waals surface area contributed by atoms with Crippen LogP contribution in [0.3, 0.4) is 0 Å². The highest BCUT2D eigenvalue weighted by Crippen LogP contribution is 2.34. The minimum Gasteiger partial charge on any atom is -0.507 e. The molecule has 0 unspecified atom stereocenters. The van der Waals surface area contributed by atoms with Gasteiger partial charge in [-0.15, -0.1) is 13.2 Å². The quantitative estimate of drug-likeness (QED) is 0.740. The lowest BCUT2D eigenvalue weighted by Crippen LogP contribution is -1.92. The Morgan fingerprint density at radius 3 is 1.80 bits per heavy atom. The molecule has 0 aromatic heterocycles. The predicted octanol–water partition coefficient (Wildman–Crippen LogP) is 2.86. The molecule has 0 bridgehead atoms. The number of hydrogen-bond acceptors (Lipinski definition) is 2. The minimum atomic E-state index is 0.153. The van der Waals surface area contributed by atoms with Crippen molar-refractivity contribution in [1.82, 2.24) is 0 Å². The average molecular weight is 204 g/mol. The molecule has 1 rings (SSSR count). The number of benzene rings is 1. The van der Waals surface area contributed by atoms with Gasteiger partial charge in [0, 0.05) is 5.56 Å². The van der Waals surface area contributed by atoms with E-state index in [-0.39, 0.29) is 11.5 Å². The monoisotopic (exact) mass is 204 g/mol. The molecule has 80 valence electrons. The molecule has 0 heterocycles. The highest BCUT2D eigenvalue weighted by molar-refractivity contribution is 5.53. The standard InChI is InChI=1S/C13H16O2/c1-4-6-10-8-11(7-5-2)13(15)9(3)12(10)14/h4-5,8,14-15H,1-2,6-7H2,3H3. The number of allylic oxidation sites excluding steroid dienone is 2. The first-order chi connectivity index (χ1) is 7.11. The fourth-order valence-corrected chi connectivity index (χ4v) is 1.56. The van der Waals surface area contributed by atoms with Gasteiger partial charge < -0.3 is 10.2 Å². The fourth-order valence-electron chi connectivity index (χ4n) is 1.56. The van der Waals surface area contributed by atoms with Gasteiger partial charge in [-0.1, -0.05) is 12.2 Å². The molecule has 2 nitrogen and oxygen atoms in total. The summed E-state index contributed by atoms with van der Waals surface area (Å²) in [5.41, 5.74) is 2.10. The lowest BCUT2D eigenvalue weighted by molar-refractivity contribution is 0.436. The molecule has 0 saturated heterocycles. The maximum atomic E-state index is 9.77. The predicted molar refractivity (Wildman–Crippen MR) is 62.3 cm³/mol. The molecular weight excluding hydrogens is 188 g/mol. The second kappa shape index (κ2) is 4.69. The first-order valence-electron chi connectivity index (χ1n) is 4.86. The Morgan fingerprint density at radius 2 is 1.47 bits per heavy atom. The zero-order valence-electron chi connectivity index (χ0n) is 8.95. The van der Waals surface area contributed by atoms with Crippen molar-refractivity contribution in [3.05, 3.63) is 48.1 Å². The van der Waals surface area contributed by atoms with Crippen LogP contribution < -0.4 is 0 Å². The molecule has 0 spiro atoms. The molecule has 0 saturated carbocycles. The van der Waals surface area contributed by atoms with Crippen molar-refractivity contribution in [3.63, 3.8) is 0 Å². The van der Waals surface area contributed by atoms with E-state index in [0.29, 0.717) is 18.4 Å². The van der Waals surface area contributed by atoms with E-state index in [4.69, 9.17) is 0 Å². The third kappa shape index (κ3) is 2.21. The maximum absolute atomic E-state index is 9.77. The van der Waals surface area contributed by atoms with Crippen molar-refractivity contribution >= 4 is 0 Å². The van der Waals surface area contributed by atoms with Gasteiger partial charge in [-0.2, -0.15) is 0 Å². The van der Waals surface area contributed by atoms with Gasteiger partial charge >= 0.3 is 0 Å². The van der Waals surface area contributed by atoms with Crippen LogP contribution in [0.15, 0.2) is 31.4 Å². The molecular formula is C13H16O2. The van der Waals surface area contributed by atoms with E-state index in [1.807, 2.05) is 0 Å². The third-order valence-electron chi connectivity index (χ3n) is 2.40. The Hall–Kier alpha value is -1.70. The highest BCUT2D eigenvalue weighted by atomic mass is 16.3. The van der Waals surface area contributed by atoms with Crippen LogP contribution >= 0.6 is 0 Å². The molecule has 0 radical (unpaired) electrons. The molecule has 0 amide bonds. The summed E-state index contributed by atoms with van der Waals surface area (Å²) < 4.78 is 0. The summed E-state index contributed by atoms with van der Waals surface area (Å²) in [6, 6.07) is 1.79. The van der Waals surface area contributed by atoms with E-state index < -0.39 is 0 Å². The van der Waals surface area contributed by atoms with E-state index in [1.165, 1.54) is 0 Å². The van der Waals surface area contributed by atoms with Gasteiger partial charge in [0.2, 0.25) is 0 Å². The van der Waals surface area contributed by atoms with Crippen molar-refractivity contribution in [2.24, 2.45) is 0 Å². The smallest absolute Gasteiger partial charge is 0.125 e. The van der Waals surface area contributed by atoms with Crippen LogP contribution in [0.2, 0.25) is 0 Å². The summed E-state index contributed by atoms with van der Waals surface area (Å²) >= 11 is 0. The van der Waals surface area contributed by atoms with E-state index in [1.54, 1.807) is 25.1 Å². The van der Waals surface area contributed by atoms with Crippen LogP contribution in [0.1, 0.15) is 16.7 Å². The summed E-state index contributed by atoms with van der Waals surface area (Å²) in [5.74, 6) is 0.306. The Bertz CT molecular complexity index is 358. The Kier molecular flexibility index (Phi) is 3.56. The van der Waals surface area contributed by atoms with Gasteiger partial charge in [0.1, 0.15) is 11.5 Å².